The average molecular weight is 352 g/mol. The third-order valence-electron chi connectivity index (χ3n) is 6.77. The summed E-state index contributed by atoms with van der Waals surface area (Å²) in [4.78, 5) is 24.0. The number of phenols is 1. The second kappa shape index (κ2) is 3.75. The van der Waals surface area contributed by atoms with E-state index >= 15 is 0 Å². The summed E-state index contributed by atoms with van der Waals surface area (Å²) < 4.78 is 0. The number of carbonyl (C=O) groups is 1. The van der Waals surface area contributed by atoms with Crippen LogP contribution in [-0.4, -0.2) is 46.3 Å². The van der Waals surface area contributed by atoms with Gasteiger partial charge in [-0.25, -0.2) is 0 Å². The van der Waals surface area contributed by atoms with Crippen molar-refractivity contribution in [2.24, 2.45) is 9.98 Å². The molecule has 1 saturated heterocycles. The Hall–Kier alpha value is -1.96. The molecule has 6 aliphatic rings. The number of aliphatic hydroxyl groups excluding tert-OH is 1. The van der Waals surface area contributed by atoms with Crippen molar-refractivity contribution < 1.29 is 19.9 Å². The van der Waals surface area contributed by atoms with Crippen molar-refractivity contribution in [3.8, 4) is 5.75 Å². The van der Waals surface area contributed by atoms with Crippen LogP contribution in [0.1, 0.15) is 18.4 Å². The summed E-state index contributed by atoms with van der Waals surface area (Å²) in [7, 11) is 0. The van der Waals surface area contributed by atoms with E-state index < -0.39 is 17.6 Å². The number of aliphatic hydroxyl groups is 1. The molecule has 1 fully saturated rings. The number of aliphatic imine (C=N–C) groups is 1. The Morgan fingerprint density at radius 3 is 3.16 bits per heavy atom. The molecule has 0 amide bonds. The van der Waals surface area contributed by atoms with Crippen LogP contribution >= 0.6 is 11.8 Å². The van der Waals surface area contributed by atoms with Crippen molar-refractivity contribution in [3.05, 3.63) is 27.1 Å². The fourth-order valence-corrected chi connectivity index (χ4v) is 7.34. The zero-order valence-electron chi connectivity index (χ0n) is 13.1. The fraction of sp³-hybridized carbons (Fsp3) is 0.389. The number of fused-ring (bicyclic) bond motifs is 3. The van der Waals surface area contributed by atoms with Crippen molar-refractivity contribution in [1.82, 2.24) is 0 Å². The SMILES string of the molecule is O=C1C=C2S[C@H]3CC24c2c5c6c(c(O)c2=N3)N=CC=6CC[NH+]5[C@H]1[C@@H]4O. The second-order valence-corrected chi connectivity index (χ2v) is 8.91. The zero-order valence-corrected chi connectivity index (χ0v) is 13.9. The van der Waals surface area contributed by atoms with E-state index in [-0.39, 0.29) is 16.9 Å². The Labute approximate surface area is 146 Å². The van der Waals surface area contributed by atoms with Crippen LogP contribution in [0.3, 0.4) is 0 Å². The van der Waals surface area contributed by atoms with Gasteiger partial charge in [-0.1, -0.05) is 0 Å². The molecule has 5 atom stereocenters. The first-order valence-corrected chi connectivity index (χ1v) is 9.50. The van der Waals surface area contributed by atoms with Gasteiger partial charge in [-0.2, -0.15) is 0 Å². The van der Waals surface area contributed by atoms with Gasteiger partial charge in [0.15, 0.2) is 11.8 Å². The maximum atomic E-state index is 12.9. The highest BCUT2D eigenvalue weighted by Crippen LogP contribution is 2.60. The number of quaternary nitrogens is 1. The van der Waals surface area contributed by atoms with E-state index in [4.69, 9.17) is 4.99 Å². The predicted octanol–water partition coefficient (Wildman–Crippen LogP) is -1.28. The van der Waals surface area contributed by atoms with Gasteiger partial charge in [0.25, 0.3) is 0 Å². The first kappa shape index (κ1) is 13.3. The number of hydrogen-bond donors (Lipinski definition) is 3. The number of aromatic hydroxyl groups is 1. The van der Waals surface area contributed by atoms with Crippen LogP contribution < -0.4 is 15.5 Å². The summed E-state index contributed by atoms with van der Waals surface area (Å²) in [5, 5.41) is 23.7. The number of rotatable bonds is 0. The Morgan fingerprint density at radius 2 is 2.28 bits per heavy atom. The lowest BCUT2D eigenvalue weighted by Crippen LogP contribution is -3.17. The average Bonchev–Trinajstić information content (AvgIpc) is 3.13. The molecule has 124 valence electrons. The molecule has 1 aromatic carbocycles. The third kappa shape index (κ3) is 1.17. The van der Waals surface area contributed by atoms with Gasteiger partial charge in [0, 0.05) is 17.5 Å². The molecule has 0 saturated carbocycles. The maximum Gasteiger partial charge on any atom is 0.216 e. The number of phenolic OH excluding ortho intramolecular Hbond substituents is 1. The van der Waals surface area contributed by atoms with Crippen LogP contribution in [0.2, 0.25) is 0 Å². The van der Waals surface area contributed by atoms with Crippen LogP contribution in [0, 0.1) is 0 Å². The molecule has 2 unspecified atom stereocenters. The molecule has 1 aliphatic carbocycles. The Morgan fingerprint density at radius 1 is 1.40 bits per heavy atom. The summed E-state index contributed by atoms with van der Waals surface area (Å²) in [5.74, 6) is 0.147. The van der Waals surface area contributed by atoms with E-state index in [2.05, 4.69) is 4.99 Å². The smallest absolute Gasteiger partial charge is 0.216 e. The van der Waals surface area contributed by atoms with Crippen LogP contribution in [0.4, 0.5) is 11.4 Å². The lowest BCUT2D eigenvalue weighted by atomic mass is 9.62. The maximum absolute atomic E-state index is 12.9. The normalized spacial score (nSPS) is 40.3. The number of benzene rings is 1. The van der Waals surface area contributed by atoms with Gasteiger partial charge in [0.1, 0.15) is 28.2 Å². The fourth-order valence-electron chi connectivity index (χ4n) is 5.84. The van der Waals surface area contributed by atoms with Crippen molar-refractivity contribution in [3.63, 3.8) is 0 Å². The number of hydrogen-bond acceptors (Lipinski definition) is 6. The predicted molar refractivity (Wildman–Crippen MR) is 91.1 cm³/mol. The van der Waals surface area contributed by atoms with Crippen LogP contribution in [0.5, 0.6) is 5.75 Å². The van der Waals surface area contributed by atoms with Crippen LogP contribution in [0.15, 0.2) is 21.0 Å². The topological polar surface area (TPSA) is 86.7 Å². The van der Waals surface area contributed by atoms with Gasteiger partial charge in [-0.05, 0) is 18.1 Å². The lowest BCUT2D eigenvalue weighted by molar-refractivity contribution is -0.859. The van der Waals surface area contributed by atoms with Crippen molar-refractivity contribution in [2.45, 2.75) is 35.8 Å². The van der Waals surface area contributed by atoms with Gasteiger partial charge < -0.3 is 10.2 Å². The zero-order chi connectivity index (χ0) is 16.7. The largest absolute Gasteiger partial charge is 0.504 e. The van der Waals surface area contributed by atoms with Gasteiger partial charge in [-0.3, -0.25) is 19.7 Å². The van der Waals surface area contributed by atoms with Crippen molar-refractivity contribution in [2.75, 3.05) is 6.54 Å². The molecule has 25 heavy (non-hydrogen) atoms. The second-order valence-electron chi connectivity index (χ2n) is 7.69. The van der Waals surface area contributed by atoms with Gasteiger partial charge in [-0.15, -0.1) is 11.8 Å². The van der Waals surface area contributed by atoms with E-state index in [0.717, 1.165) is 44.8 Å². The number of nitrogens with one attached hydrogen (secondary N) is 1. The van der Waals surface area contributed by atoms with Gasteiger partial charge >= 0.3 is 0 Å². The lowest BCUT2D eigenvalue weighted by Gasteiger charge is -2.50. The standard InChI is InChI=1S/C18H13N3O3S/c22-7-3-8-18-4-9(25-8)20-13-11(18)15-10-6(5-19-12(10)16(13)23)1-2-21(15)14(7)17(18)24/h3,5,9,14,17,23-24H,1-2,4H2/p+1/t9-,14+,17-,18?/m0/s1. The number of ketones is 1. The van der Waals surface area contributed by atoms with Crippen LogP contribution in [-0.2, 0) is 10.2 Å². The first-order chi connectivity index (χ1) is 12.1. The Kier molecular flexibility index (Phi) is 1.99. The number of nitrogens with zero attached hydrogens (tertiary/aromatic N) is 2. The van der Waals surface area contributed by atoms with E-state index in [9.17, 15) is 15.0 Å². The third-order valence-corrected chi connectivity index (χ3v) is 8.05. The van der Waals surface area contributed by atoms with Gasteiger partial charge in [0.05, 0.1) is 22.7 Å². The molecule has 3 N–H and O–H groups in total. The minimum atomic E-state index is -0.754. The molecule has 7 heteroatoms. The van der Waals surface area contributed by atoms with E-state index in [1.807, 2.05) is 6.21 Å². The highest BCUT2D eigenvalue weighted by Gasteiger charge is 2.67. The molecular formula is C18H14N3O3S+. The summed E-state index contributed by atoms with van der Waals surface area (Å²) in [6.07, 6.45) is 4.33. The number of thioether (sulfide) groups is 1. The molecule has 1 spiro atoms. The van der Waals surface area contributed by atoms with Crippen LogP contribution in [0.25, 0.3) is 5.57 Å². The minimum Gasteiger partial charge on any atom is -0.504 e. The molecule has 0 radical (unpaired) electrons. The molecule has 7 rings (SSSR count). The highest BCUT2D eigenvalue weighted by atomic mass is 32.2. The summed E-state index contributed by atoms with van der Waals surface area (Å²) in [6, 6.07) is -0.461. The van der Waals surface area contributed by atoms with Crippen molar-refractivity contribution >= 4 is 40.7 Å². The molecule has 1 aromatic rings. The molecule has 3 bridgehead atoms. The van der Waals surface area contributed by atoms with Gasteiger partial charge in [0.2, 0.25) is 5.78 Å². The Balaban J connectivity index is 1.79. The summed E-state index contributed by atoms with van der Waals surface area (Å²) in [5.41, 5.74) is 3.15. The molecule has 0 aromatic heterocycles. The minimum absolute atomic E-state index is 0.0135. The van der Waals surface area contributed by atoms with Crippen molar-refractivity contribution in [1.29, 1.82) is 0 Å². The molecule has 6 nitrogen and oxygen atoms in total. The van der Waals surface area contributed by atoms with E-state index in [0.29, 0.717) is 17.5 Å². The number of carbonyl (C=O) groups excluding carboxylic acids is 1. The summed E-state index contributed by atoms with van der Waals surface area (Å²) in [6.45, 7) is 0.758. The van der Waals surface area contributed by atoms with E-state index in [1.54, 1.807) is 17.8 Å². The molecular weight excluding hydrogens is 338 g/mol. The molecule has 5 heterocycles. The monoisotopic (exact) mass is 352 g/mol. The molecule has 5 aliphatic heterocycles. The quantitative estimate of drug-likeness (QED) is 0.508. The van der Waals surface area contributed by atoms with E-state index in [1.165, 1.54) is 0 Å². The highest BCUT2D eigenvalue weighted by molar-refractivity contribution is 8.04. The summed E-state index contributed by atoms with van der Waals surface area (Å²) >= 11 is 1.56. The Bertz CT molecular complexity index is 1140. The first-order valence-electron chi connectivity index (χ1n) is 8.62.